The van der Waals surface area contributed by atoms with Gasteiger partial charge < -0.3 is 10.5 Å². The van der Waals surface area contributed by atoms with Crippen molar-refractivity contribution in [3.8, 4) is 5.75 Å². The molecule has 112 valence electrons. The molecule has 0 saturated heterocycles. The van der Waals surface area contributed by atoms with E-state index in [0.717, 1.165) is 10.6 Å². The molecule has 0 saturated carbocycles. The van der Waals surface area contributed by atoms with Crippen molar-refractivity contribution < 1.29 is 17.9 Å². The highest BCUT2D eigenvalue weighted by molar-refractivity contribution is 7.92. The quantitative estimate of drug-likeness (QED) is 0.817. The van der Waals surface area contributed by atoms with Crippen LogP contribution in [0.5, 0.6) is 5.75 Å². The van der Waals surface area contributed by atoms with Crippen molar-refractivity contribution in [1.82, 2.24) is 0 Å². The summed E-state index contributed by atoms with van der Waals surface area (Å²) in [6, 6.07) is 5.60. The number of anilines is 1. The van der Waals surface area contributed by atoms with Crippen LogP contribution in [0.4, 0.5) is 5.69 Å². The van der Waals surface area contributed by atoms with Crippen LogP contribution in [0.2, 0.25) is 0 Å². The number of hydrogen-bond donors (Lipinski definition) is 1. The molecule has 1 aromatic rings. The van der Waals surface area contributed by atoms with Crippen LogP contribution in [0.3, 0.4) is 0 Å². The Kier molecular flexibility index (Phi) is 5.38. The van der Waals surface area contributed by atoms with Gasteiger partial charge in [-0.1, -0.05) is 6.92 Å². The maximum absolute atomic E-state index is 11.9. The van der Waals surface area contributed by atoms with Gasteiger partial charge in [0.15, 0.2) is 0 Å². The first kappa shape index (κ1) is 16.3. The molecule has 0 aromatic heterocycles. The molecule has 0 aliphatic heterocycles. The number of carbonyl (C=O) groups is 1. The van der Waals surface area contributed by atoms with Crippen molar-refractivity contribution in [3.63, 3.8) is 0 Å². The molecule has 6 nitrogen and oxygen atoms in total. The molecule has 0 fully saturated rings. The van der Waals surface area contributed by atoms with Gasteiger partial charge in [-0.05, 0) is 37.6 Å². The number of amides is 1. The first-order valence-corrected chi connectivity index (χ1v) is 8.17. The smallest absolute Gasteiger partial charge is 0.241 e. The lowest BCUT2D eigenvalue weighted by Crippen LogP contribution is -2.47. The van der Waals surface area contributed by atoms with E-state index < -0.39 is 22.0 Å². The van der Waals surface area contributed by atoms with E-state index in [1.54, 1.807) is 31.2 Å². The van der Waals surface area contributed by atoms with Gasteiger partial charge in [0.2, 0.25) is 15.9 Å². The largest absolute Gasteiger partial charge is 0.494 e. The third-order valence-corrected chi connectivity index (χ3v) is 3.94. The highest BCUT2D eigenvalue weighted by atomic mass is 32.2. The molecular weight excluding hydrogens is 280 g/mol. The zero-order valence-corrected chi connectivity index (χ0v) is 12.7. The van der Waals surface area contributed by atoms with Gasteiger partial charge >= 0.3 is 0 Å². The van der Waals surface area contributed by atoms with E-state index in [9.17, 15) is 13.2 Å². The van der Waals surface area contributed by atoms with Crippen molar-refractivity contribution in [2.45, 2.75) is 26.3 Å². The molecule has 1 amide bonds. The summed E-state index contributed by atoms with van der Waals surface area (Å²) < 4.78 is 30.2. The molecule has 1 rings (SSSR count). The van der Waals surface area contributed by atoms with Crippen LogP contribution in [0.25, 0.3) is 0 Å². The molecule has 1 atom stereocenters. The third-order valence-electron chi connectivity index (χ3n) is 2.76. The minimum absolute atomic E-state index is 0.301. The summed E-state index contributed by atoms with van der Waals surface area (Å²) in [6.45, 7) is 4.09. The molecule has 0 radical (unpaired) electrons. The average molecular weight is 300 g/mol. The van der Waals surface area contributed by atoms with Crippen LogP contribution in [0.15, 0.2) is 24.3 Å². The van der Waals surface area contributed by atoms with E-state index in [0.29, 0.717) is 24.5 Å². The SMILES string of the molecule is CCOc1ccc(N([C@@H](CC)C(N)=O)S(C)(=O)=O)cc1. The molecule has 0 heterocycles. The Labute approximate surface area is 119 Å². The zero-order valence-electron chi connectivity index (χ0n) is 11.9. The second-order valence-electron chi connectivity index (χ2n) is 4.31. The van der Waals surface area contributed by atoms with Crippen molar-refractivity contribution in [2.75, 3.05) is 17.2 Å². The van der Waals surface area contributed by atoms with E-state index in [-0.39, 0.29) is 0 Å². The van der Waals surface area contributed by atoms with Crippen LogP contribution in [-0.4, -0.2) is 33.2 Å². The predicted molar refractivity (Wildman–Crippen MR) is 78.2 cm³/mol. The van der Waals surface area contributed by atoms with E-state index in [2.05, 4.69) is 0 Å². The molecule has 1 aromatic carbocycles. The van der Waals surface area contributed by atoms with Crippen molar-refractivity contribution in [3.05, 3.63) is 24.3 Å². The molecule has 0 aliphatic carbocycles. The predicted octanol–water partition coefficient (Wildman–Crippen LogP) is 1.12. The minimum atomic E-state index is -3.61. The molecule has 0 unspecified atom stereocenters. The summed E-state index contributed by atoms with van der Waals surface area (Å²) in [4.78, 5) is 11.5. The van der Waals surface area contributed by atoms with Gasteiger partial charge in [0.25, 0.3) is 0 Å². The normalized spacial score (nSPS) is 12.8. The number of nitrogens with zero attached hydrogens (tertiary/aromatic N) is 1. The summed E-state index contributed by atoms with van der Waals surface area (Å²) in [6.07, 6.45) is 1.35. The monoisotopic (exact) mass is 300 g/mol. The Bertz CT molecular complexity index is 554. The van der Waals surface area contributed by atoms with Crippen LogP contribution in [0, 0.1) is 0 Å². The van der Waals surface area contributed by atoms with Crippen LogP contribution >= 0.6 is 0 Å². The number of primary amides is 1. The second kappa shape index (κ2) is 6.60. The number of sulfonamides is 1. The Hall–Kier alpha value is -1.76. The van der Waals surface area contributed by atoms with Gasteiger partial charge in [0.1, 0.15) is 11.8 Å². The van der Waals surface area contributed by atoms with Crippen molar-refractivity contribution in [2.24, 2.45) is 5.73 Å². The van der Waals surface area contributed by atoms with Crippen LogP contribution in [0.1, 0.15) is 20.3 Å². The van der Waals surface area contributed by atoms with E-state index in [1.165, 1.54) is 0 Å². The van der Waals surface area contributed by atoms with Crippen molar-refractivity contribution >= 4 is 21.6 Å². The molecule has 20 heavy (non-hydrogen) atoms. The summed E-state index contributed by atoms with van der Waals surface area (Å²) in [7, 11) is -3.61. The molecule has 0 spiro atoms. The Balaban J connectivity index is 3.21. The lowest BCUT2D eigenvalue weighted by atomic mass is 10.2. The Morgan fingerprint density at radius 3 is 2.20 bits per heavy atom. The summed E-state index contributed by atoms with van der Waals surface area (Å²) in [5.74, 6) is -0.0383. The summed E-state index contributed by atoms with van der Waals surface area (Å²) in [5.41, 5.74) is 5.68. The van der Waals surface area contributed by atoms with Gasteiger partial charge in [0.05, 0.1) is 18.6 Å². The maximum atomic E-state index is 11.9. The van der Waals surface area contributed by atoms with Gasteiger partial charge in [-0.3, -0.25) is 9.10 Å². The lowest BCUT2D eigenvalue weighted by molar-refractivity contribution is -0.119. The molecular formula is C13H20N2O4S. The highest BCUT2D eigenvalue weighted by Gasteiger charge is 2.29. The number of nitrogens with two attached hydrogens (primary N) is 1. The van der Waals surface area contributed by atoms with Gasteiger partial charge in [-0.15, -0.1) is 0 Å². The number of hydrogen-bond acceptors (Lipinski definition) is 4. The van der Waals surface area contributed by atoms with Gasteiger partial charge in [-0.2, -0.15) is 0 Å². The summed E-state index contributed by atoms with van der Waals surface area (Å²) >= 11 is 0. The number of benzene rings is 1. The lowest BCUT2D eigenvalue weighted by Gasteiger charge is -2.28. The second-order valence-corrected chi connectivity index (χ2v) is 6.17. The first-order chi connectivity index (χ1) is 9.31. The standard InChI is InChI=1S/C13H20N2O4S/c1-4-12(13(14)16)15(20(3,17)18)10-6-8-11(9-7-10)19-5-2/h6-9,12H,4-5H2,1-3H3,(H2,14,16)/t12-/m0/s1. The van der Waals surface area contributed by atoms with E-state index in [4.69, 9.17) is 10.5 Å². The number of carbonyl (C=O) groups excluding carboxylic acids is 1. The zero-order chi connectivity index (χ0) is 15.3. The Morgan fingerprint density at radius 1 is 1.30 bits per heavy atom. The fourth-order valence-corrected chi connectivity index (χ4v) is 3.16. The molecule has 0 bridgehead atoms. The van der Waals surface area contributed by atoms with E-state index in [1.807, 2.05) is 6.92 Å². The fourth-order valence-electron chi connectivity index (χ4n) is 1.94. The first-order valence-electron chi connectivity index (χ1n) is 6.32. The minimum Gasteiger partial charge on any atom is -0.494 e. The molecule has 7 heteroatoms. The van der Waals surface area contributed by atoms with Crippen LogP contribution < -0.4 is 14.8 Å². The van der Waals surface area contributed by atoms with Crippen molar-refractivity contribution in [1.29, 1.82) is 0 Å². The number of rotatable bonds is 7. The van der Waals surface area contributed by atoms with Gasteiger partial charge in [-0.25, -0.2) is 8.42 Å². The molecule has 0 aliphatic rings. The Morgan fingerprint density at radius 2 is 1.85 bits per heavy atom. The highest BCUT2D eigenvalue weighted by Crippen LogP contribution is 2.24. The van der Waals surface area contributed by atoms with Gasteiger partial charge in [0, 0.05) is 0 Å². The fraction of sp³-hybridized carbons (Fsp3) is 0.462. The third kappa shape index (κ3) is 3.86. The summed E-state index contributed by atoms with van der Waals surface area (Å²) in [5, 5.41) is 0. The van der Waals surface area contributed by atoms with Crippen LogP contribution in [-0.2, 0) is 14.8 Å². The average Bonchev–Trinajstić information content (AvgIpc) is 2.35. The topological polar surface area (TPSA) is 89.7 Å². The molecule has 2 N–H and O–H groups in total. The number of ether oxygens (including phenoxy) is 1. The van der Waals surface area contributed by atoms with E-state index >= 15 is 0 Å². The maximum Gasteiger partial charge on any atom is 0.241 e.